The van der Waals surface area contributed by atoms with Gasteiger partial charge in [0, 0.05) is 12.6 Å². The molecule has 0 saturated carbocycles. The maximum Gasteiger partial charge on any atom is 0.224 e. The second-order valence-corrected chi connectivity index (χ2v) is 4.04. The first kappa shape index (κ1) is 12.0. The Bertz CT molecular complexity index is 327. The molecule has 0 aliphatic carbocycles. The molecule has 2 N–H and O–H groups in total. The third kappa shape index (κ3) is 2.96. The minimum atomic E-state index is 0.237. The molecule has 4 nitrogen and oxygen atoms in total. The van der Waals surface area contributed by atoms with Gasteiger partial charge in [0.25, 0.3) is 0 Å². The third-order valence-corrected chi connectivity index (χ3v) is 2.31. The van der Waals surface area contributed by atoms with Gasteiger partial charge in [0.1, 0.15) is 0 Å². The number of nitrogens with two attached hydrogens (primary N) is 1. The van der Waals surface area contributed by atoms with Crippen LogP contribution in [0, 0.1) is 0 Å². The van der Waals surface area contributed by atoms with Gasteiger partial charge in [0.05, 0.1) is 11.9 Å². The zero-order valence-corrected chi connectivity index (χ0v) is 10.1. The number of halogens is 1. The summed E-state index contributed by atoms with van der Waals surface area (Å²) in [5.41, 5.74) is 6.40. The molecule has 0 unspecified atom stereocenters. The molecular formula is C10H17ClN4. The van der Waals surface area contributed by atoms with Crippen LogP contribution in [0.1, 0.15) is 27.2 Å². The Morgan fingerprint density at radius 2 is 2.20 bits per heavy atom. The van der Waals surface area contributed by atoms with Gasteiger partial charge in [-0.3, -0.25) is 0 Å². The summed E-state index contributed by atoms with van der Waals surface area (Å²) in [7, 11) is 0. The molecule has 0 aromatic carbocycles. The van der Waals surface area contributed by atoms with Crippen LogP contribution in [-0.2, 0) is 0 Å². The van der Waals surface area contributed by atoms with E-state index in [9.17, 15) is 0 Å². The van der Waals surface area contributed by atoms with E-state index in [1.54, 1.807) is 6.20 Å². The summed E-state index contributed by atoms with van der Waals surface area (Å²) in [5.74, 6) is 0.729. The number of anilines is 2. The standard InChI is InChI=1S/C10H17ClN4/c1-4-5-15(7(2)3)9-8(12)6-13-10(11)14-9/h6-7H,4-5,12H2,1-3H3. The number of nitrogen functional groups attached to an aromatic ring is 1. The zero-order valence-electron chi connectivity index (χ0n) is 9.37. The molecule has 0 spiro atoms. The molecule has 0 amide bonds. The van der Waals surface area contributed by atoms with E-state index >= 15 is 0 Å². The highest BCUT2D eigenvalue weighted by Gasteiger charge is 2.14. The van der Waals surface area contributed by atoms with Crippen LogP contribution < -0.4 is 10.6 Å². The highest BCUT2D eigenvalue weighted by atomic mass is 35.5. The highest BCUT2D eigenvalue weighted by molar-refractivity contribution is 6.28. The largest absolute Gasteiger partial charge is 0.394 e. The Morgan fingerprint density at radius 1 is 1.53 bits per heavy atom. The normalized spacial score (nSPS) is 10.7. The fraction of sp³-hybridized carbons (Fsp3) is 0.600. The molecule has 0 aliphatic heterocycles. The Labute approximate surface area is 95.5 Å². The molecule has 0 bridgehead atoms. The Kier molecular flexibility index (Phi) is 4.15. The maximum absolute atomic E-state index is 5.83. The van der Waals surface area contributed by atoms with E-state index in [-0.39, 0.29) is 5.28 Å². The Morgan fingerprint density at radius 3 is 2.73 bits per heavy atom. The zero-order chi connectivity index (χ0) is 11.4. The molecule has 15 heavy (non-hydrogen) atoms. The van der Waals surface area contributed by atoms with E-state index in [4.69, 9.17) is 17.3 Å². The van der Waals surface area contributed by atoms with Crippen LogP contribution in [0.15, 0.2) is 6.20 Å². The lowest BCUT2D eigenvalue weighted by atomic mass is 10.2. The molecule has 1 rings (SSSR count). The topological polar surface area (TPSA) is 55.0 Å². The van der Waals surface area contributed by atoms with Gasteiger partial charge < -0.3 is 10.6 Å². The Hall–Kier alpha value is -1.03. The number of hydrogen-bond donors (Lipinski definition) is 1. The van der Waals surface area contributed by atoms with Crippen molar-refractivity contribution in [3.8, 4) is 0 Å². The lowest BCUT2D eigenvalue weighted by molar-refractivity contribution is 0.662. The van der Waals surface area contributed by atoms with E-state index in [1.807, 2.05) is 0 Å². The van der Waals surface area contributed by atoms with Crippen molar-refractivity contribution in [2.24, 2.45) is 0 Å². The molecular weight excluding hydrogens is 212 g/mol. The molecule has 1 aromatic rings. The highest BCUT2D eigenvalue weighted by Crippen LogP contribution is 2.23. The van der Waals surface area contributed by atoms with Crippen molar-refractivity contribution in [3.63, 3.8) is 0 Å². The average molecular weight is 229 g/mol. The van der Waals surface area contributed by atoms with Crippen molar-refractivity contribution in [2.45, 2.75) is 33.2 Å². The average Bonchev–Trinajstić information content (AvgIpc) is 2.18. The van der Waals surface area contributed by atoms with E-state index in [0.29, 0.717) is 11.7 Å². The molecule has 0 radical (unpaired) electrons. The first-order valence-electron chi connectivity index (χ1n) is 5.11. The molecule has 0 atom stereocenters. The van der Waals surface area contributed by atoms with E-state index in [2.05, 4.69) is 35.6 Å². The number of aromatic nitrogens is 2. The van der Waals surface area contributed by atoms with E-state index in [1.165, 1.54) is 0 Å². The summed E-state index contributed by atoms with van der Waals surface area (Å²) in [5, 5.41) is 0.237. The van der Waals surface area contributed by atoms with Gasteiger partial charge in [-0.15, -0.1) is 0 Å². The van der Waals surface area contributed by atoms with E-state index in [0.717, 1.165) is 18.8 Å². The van der Waals surface area contributed by atoms with Gasteiger partial charge >= 0.3 is 0 Å². The second-order valence-electron chi connectivity index (χ2n) is 3.71. The van der Waals surface area contributed by atoms with Crippen molar-refractivity contribution in [3.05, 3.63) is 11.5 Å². The molecule has 5 heteroatoms. The number of rotatable bonds is 4. The first-order chi connectivity index (χ1) is 7.06. The van der Waals surface area contributed by atoms with Crippen molar-refractivity contribution < 1.29 is 0 Å². The van der Waals surface area contributed by atoms with Crippen molar-refractivity contribution in [1.82, 2.24) is 9.97 Å². The molecule has 0 fully saturated rings. The van der Waals surface area contributed by atoms with Crippen molar-refractivity contribution in [1.29, 1.82) is 0 Å². The van der Waals surface area contributed by atoms with Crippen LogP contribution in [0.4, 0.5) is 11.5 Å². The maximum atomic E-state index is 5.83. The second kappa shape index (κ2) is 5.16. The van der Waals surface area contributed by atoms with Crippen LogP contribution in [0.5, 0.6) is 0 Å². The fourth-order valence-electron chi connectivity index (χ4n) is 1.44. The minimum absolute atomic E-state index is 0.237. The summed E-state index contributed by atoms with van der Waals surface area (Å²) in [6, 6.07) is 0.346. The van der Waals surface area contributed by atoms with Gasteiger partial charge in [0.2, 0.25) is 5.28 Å². The molecule has 0 aliphatic rings. The third-order valence-electron chi connectivity index (χ3n) is 2.13. The first-order valence-corrected chi connectivity index (χ1v) is 5.48. The number of hydrogen-bond acceptors (Lipinski definition) is 4. The predicted octanol–water partition coefficient (Wildman–Crippen LogP) is 2.34. The smallest absolute Gasteiger partial charge is 0.224 e. The quantitative estimate of drug-likeness (QED) is 0.804. The number of nitrogens with zero attached hydrogens (tertiary/aromatic N) is 3. The molecule has 1 aromatic heterocycles. The molecule has 84 valence electrons. The van der Waals surface area contributed by atoms with Gasteiger partial charge in [-0.05, 0) is 31.9 Å². The fourth-order valence-corrected chi connectivity index (χ4v) is 1.57. The van der Waals surface area contributed by atoms with Gasteiger partial charge in [-0.1, -0.05) is 6.92 Å². The van der Waals surface area contributed by atoms with Gasteiger partial charge in [-0.25, -0.2) is 4.98 Å². The predicted molar refractivity (Wildman–Crippen MR) is 64.2 cm³/mol. The van der Waals surface area contributed by atoms with Gasteiger partial charge in [0.15, 0.2) is 5.82 Å². The SMILES string of the molecule is CCCN(c1nc(Cl)ncc1N)C(C)C. The Balaban J connectivity index is 3.04. The van der Waals surface area contributed by atoms with Crippen LogP contribution >= 0.6 is 11.6 Å². The molecule has 0 saturated heterocycles. The minimum Gasteiger partial charge on any atom is -0.394 e. The molecule has 1 heterocycles. The van der Waals surface area contributed by atoms with Gasteiger partial charge in [-0.2, -0.15) is 4.98 Å². The van der Waals surface area contributed by atoms with E-state index < -0.39 is 0 Å². The van der Waals surface area contributed by atoms with Crippen molar-refractivity contribution >= 4 is 23.1 Å². The summed E-state index contributed by atoms with van der Waals surface area (Å²) in [4.78, 5) is 10.1. The van der Waals surface area contributed by atoms with Crippen LogP contribution in [-0.4, -0.2) is 22.6 Å². The lowest BCUT2D eigenvalue weighted by Gasteiger charge is -2.28. The lowest BCUT2D eigenvalue weighted by Crippen LogP contribution is -2.33. The van der Waals surface area contributed by atoms with Crippen molar-refractivity contribution in [2.75, 3.05) is 17.2 Å². The summed E-state index contributed by atoms with van der Waals surface area (Å²) in [6.07, 6.45) is 2.59. The van der Waals surface area contributed by atoms with Crippen LogP contribution in [0.3, 0.4) is 0 Å². The summed E-state index contributed by atoms with van der Waals surface area (Å²) >= 11 is 5.76. The monoisotopic (exact) mass is 228 g/mol. The summed E-state index contributed by atoms with van der Waals surface area (Å²) in [6.45, 7) is 7.24. The summed E-state index contributed by atoms with van der Waals surface area (Å²) < 4.78 is 0. The van der Waals surface area contributed by atoms with Crippen LogP contribution in [0.2, 0.25) is 5.28 Å². The van der Waals surface area contributed by atoms with Crippen LogP contribution in [0.25, 0.3) is 0 Å².